The first-order valence-corrected chi connectivity index (χ1v) is 3.97. The summed E-state index contributed by atoms with van der Waals surface area (Å²) in [6.45, 7) is 0. The number of H-pyrrole nitrogens is 1. The van der Waals surface area contributed by atoms with Crippen LogP contribution in [0.4, 0.5) is 0 Å². The lowest BCUT2D eigenvalue weighted by molar-refractivity contribution is 0.419. The van der Waals surface area contributed by atoms with E-state index in [9.17, 15) is 4.79 Å². The number of aromatic amines is 1. The Morgan fingerprint density at radius 2 is 2.08 bits per heavy atom. The van der Waals surface area contributed by atoms with Gasteiger partial charge < -0.3 is 9.72 Å². The second-order valence-corrected chi connectivity index (χ2v) is 2.75. The van der Waals surface area contributed by atoms with Gasteiger partial charge in [-0.05, 0) is 12.1 Å². The highest BCUT2D eigenvalue weighted by molar-refractivity contribution is 5.84. The maximum absolute atomic E-state index is 11.0. The van der Waals surface area contributed by atoms with E-state index in [4.69, 9.17) is 4.74 Å². The predicted octanol–water partition coefficient (Wildman–Crippen LogP) is 1.54. The minimum atomic E-state index is -0.114. The first kappa shape index (κ1) is 7.86. The fourth-order valence-corrected chi connectivity index (χ4v) is 1.32. The van der Waals surface area contributed by atoms with Crippen molar-refractivity contribution in [1.82, 2.24) is 4.98 Å². The molecule has 66 valence electrons. The van der Waals surface area contributed by atoms with Gasteiger partial charge in [-0.1, -0.05) is 12.1 Å². The van der Waals surface area contributed by atoms with Crippen molar-refractivity contribution < 1.29 is 4.74 Å². The number of ether oxygens (including phenoxy) is 1. The summed E-state index contributed by atoms with van der Waals surface area (Å²) in [6, 6.07) is 8.91. The summed E-state index contributed by atoms with van der Waals surface area (Å²) >= 11 is 0. The zero-order chi connectivity index (χ0) is 9.26. The van der Waals surface area contributed by atoms with Gasteiger partial charge in [0.25, 0.3) is 0 Å². The number of hydrogen-bond donors (Lipinski definition) is 1. The highest BCUT2D eigenvalue weighted by Gasteiger charge is 1.99. The first-order chi connectivity index (χ1) is 6.31. The van der Waals surface area contributed by atoms with Gasteiger partial charge in [0.05, 0.1) is 12.6 Å². The Kier molecular flexibility index (Phi) is 1.77. The molecule has 0 unspecified atom stereocenters. The highest BCUT2D eigenvalue weighted by atomic mass is 16.5. The highest BCUT2D eigenvalue weighted by Crippen LogP contribution is 2.20. The monoisotopic (exact) mass is 175 g/mol. The van der Waals surface area contributed by atoms with Crippen LogP contribution in [0.3, 0.4) is 0 Å². The van der Waals surface area contributed by atoms with Crippen molar-refractivity contribution in [1.29, 1.82) is 0 Å². The van der Waals surface area contributed by atoms with E-state index < -0.39 is 0 Å². The minimum Gasteiger partial charge on any atom is -0.495 e. The molecule has 0 fully saturated rings. The number of rotatable bonds is 1. The maximum Gasteiger partial charge on any atom is 0.248 e. The van der Waals surface area contributed by atoms with Crippen molar-refractivity contribution in [3.8, 4) is 5.75 Å². The third-order valence-corrected chi connectivity index (χ3v) is 1.94. The number of benzene rings is 1. The van der Waals surface area contributed by atoms with Crippen LogP contribution in [-0.4, -0.2) is 12.1 Å². The van der Waals surface area contributed by atoms with Gasteiger partial charge in [-0.2, -0.15) is 0 Å². The van der Waals surface area contributed by atoms with Gasteiger partial charge in [0.2, 0.25) is 5.56 Å². The molecule has 13 heavy (non-hydrogen) atoms. The number of pyridine rings is 1. The van der Waals surface area contributed by atoms with Crippen LogP contribution in [0, 0.1) is 0 Å². The van der Waals surface area contributed by atoms with Gasteiger partial charge in [0.1, 0.15) is 5.75 Å². The van der Waals surface area contributed by atoms with E-state index in [0.29, 0.717) is 5.75 Å². The van der Waals surface area contributed by atoms with E-state index in [1.807, 2.05) is 18.2 Å². The molecule has 2 rings (SSSR count). The van der Waals surface area contributed by atoms with Crippen LogP contribution in [-0.2, 0) is 0 Å². The Labute approximate surface area is 75.0 Å². The molecule has 0 aliphatic heterocycles. The van der Waals surface area contributed by atoms with Crippen molar-refractivity contribution in [2.45, 2.75) is 0 Å². The van der Waals surface area contributed by atoms with E-state index in [1.165, 1.54) is 6.07 Å². The third kappa shape index (κ3) is 1.28. The Bertz CT molecular complexity index is 487. The largest absolute Gasteiger partial charge is 0.495 e. The fourth-order valence-electron chi connectivity index (χ4n) is 1.32. The summed E-state index contributed by atoms with van der Waals surface area (Å²) in [5.41, 5.74) is 0.634. The van der Waals surface area contributed by atoms with Crippen LogP contribution in [0.2, 0.25) is 0 Å². The quantitative estimate of drug-likeness (QED) is 0.714. The molecule has 2 aromatic rings. The number of aromatic nitrogens is 1. The number of nitrogens with one attached hydrogen (secondary N) is 1. The topological polar surface area (TPSA) is 42.1 Å². The molecule has 1 aromatic carbocycles. The Hall–Kier alpha value is -1.77. The molecule has 0 spiro atoms. The first-order valence-electron chi connectivity index (χ1n) is 3.97. The van der Waals surface area contributed by atoms with Crippen molar-refractivity contribution in [3.05, 3.63) is 40.7 Å². The summed E-state index contributed by atoms with van der Waals surface area (Å²) in [7, 11) is 1.58. The molecular formula is C10H9NO2. The van der Waals surface area contributed by atoms with Crippen LogP contribution in [0.25, 0.3) is 10.9 Å². The predicted molar refractivity (Wildman–Crippen MR) is 51.1 cm³/mol. The van der Waals surface area contributed by atoms with Crippen LogP contribution in [0.15, 0.2) is 35.1 Å². The summed E-state index contributed by atoms with van der Waals surface area (Å²) in [4.78, 5) is 13.8. The van der Waals surface area contributed by atoms with E-state index in [2.05, 4.69) is 4.98 Å². The smallest absolute Gasteiger partial charge is 0.248 e. The van der Waals surface area contributed by atoms with Gasteiger partial charge in [-0.3, -0.25) is 4.79 Å². The van der Waals surface area contributed by atoms with Crippen LogP contribution in [0.5, 0.6) is 5.75 Å². The molecule has 0 amide bonds. The molecule has 0 saturated carbocycles. The zero-order valence-corrected chi connectivity index (χ0v) is 7.20. The second-order valence-electron chi connectivity index (χ2n) is 2.75. The summed E-state index contributed by atoms with van der Waals surface area (Å²) in [6.07, 6.45) is 0. The van der Waals surface area contributed by atoms with Crippen molar-refractivity contribution >= 4 is 10.9 Å². The molecule has 3 heteroatoms. The molecular weight excluding hydrogens is 166 g/mol. The van der Waals surface area contributed by atoms with Gasteiger partial charge >= 0.3 is 0 Å². The van der Waals surface area contributed by atoms with Crippen LogP contribution in [0.1, 0.15) is 0 Å². The van der Waals surface area contributed by atoms with Crippen molar-refractivity contribution in [3.63, 3.8) is 0 Å². The standard InChI is InChI=1S/C10H9NO2/c1-13-8-4-2-3-7-5-6-9(12)11-10(7)8/h2-6H,1H3,(H,11,12). The summed E-state index contributed by atoms with van der Waals surface area (Å²) < 4.78 is 5.11. The van der Waals surface area contributed by atoms with Crippen molar-refractivity contribution in [2.75, 3.05) is 7.11 Å². The van der Waals surface area contributed by atoms with Crippen LogP contribution < -0.4 is 10.3 Å². The maximum atomic E-state index is 11.0. The number of hydrogen-bond acceptors (Lipinski definition) is 2. The van der Waals surface area contributed by atoms with E-state index in [-0.39, 0.29) is 5.56 Å². The lowest BCUT2D eigenvalue weighted by atomic mass is 10.2. The summed E-state index contributed by atoms with van der Waals surface area (Å²) in [5, 5.41) is 0.971. The molecule has 0 radical (unpaired) electrons. The van der Waals surface area contributed by atoms with E-state index in [0.717, 1.165) is 10.9 Å². The molecule has 1 heterocycles. The molecule has 0 aliphatic carbocycles. The Balaban J connectivity index is 2.87. The average Bonchev–Trinajstić information content (AvgIpc) is 2.17. The number of methoxy groups -OCH3 is 1. The SMILES string of the molecule is COc1cccc2ccc(=O)[nH]c12. The zero-order valence-electron chi connectivity index (χ0n) is 7.20. The third-order valence-electron chi connectivity index (χ3n) is 1.94. The fraction of sp³-hybridized carbons (Fsp3) is 0.100. The number of para-hydroxylation sites is 1. The van der Waals surface area contributed by atoms with E-state index in [1.54, 1.807) is 13.2 Å². The van der Waals surface area contributed by atoms with Crippen LogP contribution >= 0.6 is 0 Å². The Morgan fingerprint density at radius 1 is 1.23 bits per heavy atom. The van der Waals surface area contributed by atoms with Gasteiger partial charge in [-0.15, -0.1) is 0 Å². The normalized spacial score (nSPS) is 10.2. The number of fused-ring (bicyclic) bond motifs is 1. The molecule has 1 N–H and O–H groups in total. The van der Waals surface area contributed by atoms with Gasteiger partial charge in [-0.25, -0.2) is 0 Å². The molecule has 0 aliphatic rings. The molecule has 3 nitrogen and oxygen atoms in total. The Morgan fingerprint density at radius 3 is 2.85 bits per heavy atom. The summed E-state index contributed by atoms with van der Waals surface area (Å²) in [5.74, 6) is 0.690. The average molecular weight is 175 g/mol. The lowest BCUT2D eigenvalue weighted by Gasteiger charge is -2.03. The van der Waals surface area contributed by atoms with Gasteiger partial charge in [0.15, 0.2) is 0 Å². The van der Waals surface area contributed by atoms with Gasteiger partial charge in [0, 0.05) is 11.5 Å². The molecule has 0 atom stereocenters. The lowest BCUT2D eigenvalue weighted by Crippen LogP contribution is -2.03. The second kappa shape index (κ2) is 2.94. The molecule has 0 saturated heterocycles. The molecule has 1 aromatic heterocycles. The van der Waals surface area contributed by atoms with E-state index >= 15 is 0 Å². The molecule has 0 bridgehead atoms. The minimum absolute atomic E-state index is 0.114. The van der Waals surface area contributed by atoms with Crippen molar-refractivity contribution in [2.24, 2.45) is 0 Å².